The minimum absolute atomic E-state index is 0. The third-order valence-corrected chi connectivity index (χ3v) is 5.25. The van der Waals surface area contributed by atoms with E-state index >= 15 is 0 Å². The number of esters is 2. The molecule has 11 nitrogen and oxygen atoms in total. The van der Waals surface area contributed by atoms with E-state index in [9.17, 15) is 36.7 Å². The van der Waals surface area contributed by atoms with E-state index in [-0.39, 0.29) is 54.7 Å². The van der Waals surface area contributed by atoms with Crippen molar-refractivity contribution in [3.05, 3.63) is 79.9 Å². The number of rotatable bonds is 11. The molecule has 1 atom stereocenters. The first kappa shape index (κ1) is 45.8. The van der Waals surface area contributed by atoms with Gasteiger partial charge in [-0.05, 0) is 62.4 Å². The van der Waals surface area contributed by atoms with Gasteiger partial charge in [-0.25, -0.2) is 22.4 Å². The fraction of sp³-hybridized carbons (Fsp3) is 0.321. The topological polar surface area (TPSA) is 194 Å². The van der Waals surface area contributed by atoms with E-state index in [1.165, 1.54) is 30.3 Å². The first-order valence-corrected chi connectivity index (χ1v) is 13.8. The van der Waals surface area contributed by atoms with Gasteiger partial charge in [0.15, 0.2) is 0 Å². The summed E-state index contributed by atoms with van der Waals surface area (Å²) < 4.78 is 63.8. The number of alkyl halides is 4. The molecule has 0 aliphatic rings. The van der Waals surface area contributed by atoms with Crippen LogP contribution in [0.15, 0.2) is 57.7 Å². The Balaban J connectivity index is -0.000000571. The average molecular weight is 778 g/mol. The van der Waals surface area contributed by atoms with Crippen LogP contribution in [0.2, 0.25) is 0 Å². The molecule has 0 heterocycles. The number of halogens is 6. The van der Waals surface area contributed by atoms with Crippen LogP contribution >= 0.6 is 31.9 Å². The molecule has 6 N–H and O–H groups in total. The fourth-order valence-corrected chi connectivity index (χ4v) is 3.70. The predicted molar refractivity (Wildman–Crippen MR) is 163 cm³/mol. The number of carbonyl (C=O) groups excluding carboxylic acids is 4. The highest BCUT2D eigenvalue weighted by Crippen LogP contribution is 2.27. The second kappa shape index (κ2) is 25.6. The fourth-order valence-electron chi connectivity index (χ4n) is 2.64. The molecule has 17 heteroatoms. The standard InChI is InChI=1S/C12H14BrF2NO2.C8H5BrF2O.C6H8O4.C2H4O2.H3N/c1-2-18-11(17)6-10(16)7-3-8(12(14)15)5-9(13)4-7;9-7-2-5(4-12)1-6(3-7)8(10)11;1-3-9-6(8)5(2)10-4-7;1-2(3)4;/h3-5,10,12H,2,6,16H2,1H3;1-4,8H;4H,2-3H2,1H3;1H3,(H,3,4);1H3. The molecule has 45 heavy (non-hydrogen) atoms. The molecule has 0 spiro atoms. The molecule has 2 aromatic carbocycles. The van der Waals surface area contributed by atoms with Crippen molar-refractivity contribution < 1.29 is 60.9 Å². The van der Waals surface area contributed by atoms with E-state index in [2.05, 4.69) is 47.9 Å². The summed E-state index contributed by atoms with van der Waals surface area (Å²) in [6.45, 7) is 8.19. The van der Waals surface area contributed by atoms with Gasteiger partial charge in [0.2, 0.25) is 5.76 Å². The molecule has 0 amide bonds. The Morgan fingerprint density at radius 2 is 1.33 bits per heavy atom. The molecule has 252 valence electrons. The number of carboxylic acids is 1. The Hall–Kier alpha value is -3.67. The quantitative estimate of drug-likeness (QED) is 0.0530. The van der Waals surface area contributed by atoms with Crippen LogP contribution in [0.4, 0.5) is 17.6 Å². The second-order valence-corrected chi connectivity index (χ2v) is 9.68. The van der Waals surface area contributed by atoms with E-state index in [4.69, 9.17) is 20.4 Å². The lowest BCUT2D eigenvalue weighted by atomic mass is 10.0. The van der Waals surface area contributed by atoms with Crippen molar-refractivity contribution in [2.24, 2.45) is 5.73 Å². The lowest BCUT2D eigenvalue weighted by Crippen LogP contribution is -2.17. The molecular formula is C28H34Br2F4N2O9. The smallest absolute Gasteiger partial charge is 0.373 e. The van der Waals surface area contributed by atoms with Crippen molar-refractivity contribution in [3.63, 3.8) is 0 Å². The minimum atomic E-state index is -2.57. The van der Waals surface area contributed by atoms with Crippen LogP contribution in [0.5, 0.6) is 0 Å². The first-order valence-electron chi connectivity index (χ1n) is 12.2. The molecule has 0 saturated heterocycles. The number of carbonyl (C=O) groups is 5. The summed E-state index contributed by atoms with van der Waals surface area (Å²) >= 11 is 6.17. The molecule has 0 aromatic heterocycles. The third kappa shape index (κ3) is 22.5. The van der Waals surface area contributed by atoms with E-state index < -0.39 is 36.8 Å². The first-order chi connectivity index (χ1) is 20.5. The van der Waals surface area contributed by atoms with E-state index in [1.807, 2.05) is 0 Å². The number of nitrogens with two attached hydrogens (primary N) is 1. The maximum atomic E-state index is 12.6. The summed E-state index contributed by atoms with van der Waals surface area (Å²) in [5.74, 6) is -2.28. The zero-order valence-corrected chi connectivity index (χ0v) is 27.6. The highest BCUT2D eigenvalue weighted by atomic mass is 79.9. The molecular weight excluding hydrogens is 744 g/mol. The van der Waals surface area contributed by atoms with Crippen molar-refractivity contribution >= 4 is 62.5 Å². The SMILES string of the molecule is C=C(OC=O)C(=O)OCC.CC(=O)O.CCOC(=O)CC(N)c1cc(Br)cc(C(F)F)c1.N.O=Cc1cc(Br)cc(C(F)F)c1. The summed E-state index contributed by atoms with van der Waals surface area (Å²) in [6, 6.07) is 7.54. The highest BCUT2D eigenvalue weighted by Gasteiger charge is 2.16. The Kier molecular flexibility index (Phi) is 26.1. The number of hydrogen-bond acceptors (Lipinski definition) is 10. The second-order valence-electron chi connectivity index (χ2n) is 7.85. The molecule has 2 rings (SSSR count). The van der Waals surface area contributed by atoms with Crippen molar-refractivity contribution in [2.45, 2.75) is 46.1 Å². The van der Waals surface area contributed by atoms with Crippen molar-refractivity contribution in [3.8, 4) is 0 Å². The van der Waals surface area contributed by atoms with Gasteiger partial charge >= 0.3 is 11.9 Å². The molecule has 0 radical (unpaired) electrons. The Labute approximate surface area is 273 Å². The van der Waals surface area contributed by atoms with Gasteiger partial charge in [0.05, 0.1) is 19.6 Å². The lowest BCUT2D eigenvalue weighted by molar-refractivity contribution is -0.145. The predicted octanol–water partition coefficient (Wildman–Crippen LogP) is 7.03. The summed E-state index contributed by atoms with van der Waals surface area (Å²) in [5.41, 5.74) is 6.25. The number of benzene rings is 2. The van der Waals surface area contributed by atoms with Crippen molar-refractivity contribution in [1.82, 2.24) is 6.15 Å². The van der Waals surface area contributed by atoms with Gasteiger partial charge in [-0.15, -0.1) is 0 Å². The van der Waals surface area contributed by atoms with Crippen LogP contribution < -0.4 is 11.9 Å². The largest absolute Gasteiger partial charge is 0.481 e. The molecule has 0 aliphatic carbocycles. The van der Waals surface area contributed by atoms with Crippen molar-refractivity contribution in [1.29, 1.82) is 0 Å². The maximum absolute atomic E-state index is 12.6. The number of aldehydes is 1. The summed E-state index contributed by atoms with van der Waals surface area (Å²) in [6.07, 6.45) is -4.61. The van der Waals surface area contributed by atoms with Crippen LogP contribution in [0.3, 0.4) is 0 Å². The minimum Gasteiger partial charge on any atom is -0.481 e. The van der Waals surface area contributed by atoms with Gasteiger partial charge in [-0.1, -0.05) is 31.9 Å². The lowest BCUT2D eigenvalue weighted by Gasteiger charge is -2.13. The van der Waals surface area contributed by atoms with Crippen LogP contribution in [0.25, 0.3) is 0 Å². The average Bonchev–Trinajstić information content (AvgIpc) is 2.93. The molecule has 0 bridgehead atoms. The molecule has 1 unspecified atom stereocenters. The number of ether oxygens (including phenoxy) is 3. The van der Waals surface area contributed by atoms with Crippen LogP contribution in [-0.2, 0) is 33.4 Å². The molecule has 0 aliphatic heterocycles. The van der Waals surface area contributed by atoms with Crippen LogP contribution in [-0.4, -0.2) is 49.0 Å². The Morgan fingerprint density at radius 1 is 0.889 bits per heavy atom. The Morgan fingerprint density at radius 3 is 1.76 bits per heavy atom. The van der Waals surface area contributed by atoms with Gasteiger partial charge in [-0.3, -0.25) is 19.2 Å². The summed E-state index contributed by atoms with van der Waals surface area (Å²) in [5, 5.41) is 7.42. The Bertz CT molecular complexity index is 1250. The summed E-state index contributed by atoms with van der Waals surface area (Å²) in [4.78, 5) is 50.7. The van der Waals surface area contributed by atoms with Crippen molar-refractivity contribution in [2.75, 3.05) is 13.2 Å². The van der Waals surface area contributed by atoms with E-state index in [0.29, 0.717) is 20.8 Å². The van der Waals surface area contributed by atoms with Gasteiger partial charge in [-0.2, -0.15) is 0 Å². The summed E-state index contributed by atoms with van der Waals surface area (Å²) in [7, 11) is 0. The number of hydrogen-bond donors (Lipinski definition) is 3. The van der Waals surface area contributed by atoms with Crippen LogP contribution in [0.1, 0.15) is 73.1 Å². The molecule has 0 saturated carbocycles. The van der Waals surface area contributed by atoms with E-state index in [0.717, 1.165) is 6.92 Å². The van der Waals surface area contributed by atoms with E-state index in [1.54, 1.807) is 19.9 Å². The number of aliphatic carboxylic acids is 1. The third-order valence-electron chi connectivity index (χ3n) is 4.34. The van der Waals surface area contributed by atoms with Gasteiger partial charge < -0.3 is 31.2 Å². The maximum Gasteiger partial charge on any atom is 0.373 e. The highest BCUT2D eigenvalue weighted by molar-refractivity contribution is 9.10. The number of carboxylic acid groups (broad SMARTS) is 1. The zero-order valence-electron chi connectivity index (χ0n) is 24.4. The van der Waals surface area contributed by atoms with Gasteiger partial charge in [0.1, 0.15) is 6.29 Å². The molecule has 0 fully saturated rings. The van der Waals surface area contributed by atoms with Crippen LogP contribution in [0, 0.1) is 0 Å². The molecule has 2 aromatic rings. The van der Waals surface area contributed by atoms with Gasteiger partial charge in [0, 0.05) is 38.6 Å². The zero-order chi connectivity index (χ0) is 34.4. The van der Waals surface area contributed by atoms with Gasteiger partial charge in [0.25, 0.3) is 25.3 Å². The monoisotopic (exact) mass is 776 g/mol. The normalized spacial score (nSPS) is 10.1.